The Hall–Kier alpha value is -3.40. The van der Waals surface area contributed by atoms with Crippen LogP contribution in [-0.2, 0) is 4.74 Å². The summed E-state index contributed by atoms with van der Waals surface area (Å²) in [4.78, 5) is 36.7. The van der Waals surface area contributed by atoms with Crippen molar-refractivity contribution in [1.29, 1.82) is 0 Å². The Labute approximate surface area is 147 Å². The van der Waals surface area contributed by atoms with Gasteiger partial charge in [-0.3, -0.25) is 30.6 Å². The van der Waals surface area contributed by atoms with E-state index in [-0.39, 0.29) is 17.0 Å². The van der Waals surface area contributed by atoms with Crippen molar-refractivity contribution in [3.8, 4) is 0 Å². The molecular formula is C16H16N4O6. The highest BCUT2D eigenvalue weighted by atomic mass is 16.6. The van der Waals surface area contributed by atoms with Crippen molar-refractivity contribution in [2.75, 3.05) is 31.2 Å². The molecular weight excluding hydrogens is 344 g/mol. The smallest absolute Gasteiger partial charge is 0.305 e. The van der Waals surface area contributed by atoms with Crippen LogP contribution >= 0.6 is 0 Å². The van der Waals surface area contributed by atoms with Crippen LogP contribution in [0.25, 0.3) is 0 Å². The van der Waals surface area contributed by atoms with Gasteiger partial charge in [-0.25, -0.2) is 0 Å². The number of ether oxygens (including phenoxy) is 1. The first kappa shape index (κ1) is 17.4. The molecule has 2 amide bonds. The van der Waals surface area contributed by atoms with E-state index in [1.807, 2.05) is 4.90 Å². The number of nitrogens with one attached hydrogen (secondary N) is 2. The summed E-state index contributed by atoms with van der Waals surface area (Å²) in [6, 6.07) is 7.01. The Balaban J connectivity index is 1.80. The van der Waals surface area contributed by atoms with E-state index in [1.165, 1.54) is 36.6 Å². The molecule has 2 aromatic rings. The zero-order valence-corrected chi connectivity index (χ0v) is 13.6. The van der Waals surface area contributed by atoms with Crippen LogP contribution in [0.1, 0.15) is 20.9 Å². The lowest BCUT2D eigenvalue weighted by Gasteiger charge is -2.30. The van der Waals surface area contributed by atoms with E-state index in [0.717, 1.165) is 0 Å². The molecule has 3 rings (SSSR count). The molecule has 0 aliphatic carbocycles. The Morgan fingerprint density at radius 3 is 2.50 bits per heavy atom. The Morgan fingerprint density at radius 2 is 1.85 bits per heavy atom. The third kappa shape index (κ3) is 3.81. The van der Waals surface area contributed by atoms with Crippen molar-refractivity contribution in [3.63, 3.8) is 0 Å². The molecule has 1 aromatic heterocycles. The lowest BCUT2D eigenvalue weighted by atomic mass is 10.1. The van der Waals surface area contributed by atoms with Crippen LogP contribution in [0.4, 0.5) is 11.4 Å². The van der Waals surface area contributed by atoms with Gasteiger partial charge in [-0.1, -0.05) is 0 Å². The number of nitro groups is 1. The number of carbonyl (C=O) groups is 2. The number of furan rings is 1. The molecule has 0 atom stereocenters. The normalized spacial score (nSPS) is 13.9. The van der Waals surface area contributed by atoms with Gasteiger partial charge in [0.05, 0.1) is 35.7 Å². The lowest BCUT2D eigenvalue weighted by molar-refractivity contribution is -0.384. The quantitative estimate of drug-likeness (QED) is 0.617. The van der Waals surface area contributed by atoms with Crippen molar-refractivity contribution in [2.45, 2.75) is 0 Å². The van der Waals surface area contributed by atoms with Crippen molar-refractivity contribution in [2.24, 2.45) is 0 Å². The molecule has 10 nitrogen and oxygen atoms in total. The van der Waals surface area contributed by atoms with E-state index in [4.69, 9.17) is 9.15 Å². The molecule has 0 unspecified atom stereocenters. The molecule has 0 bridgehead atoms. The van der Waals surface area contributed by atoms with E-state index >= 15 is 0 Å². The molecule has 1 saturated heterocycles. The van der Waals surface area contributed by atoms with Crippen LogP contribution < -0.4 is 15.8 Å². The highest BCUT2D eigenvalue weighted by Gasteiger charge is 2.22. The highest BCUT2D eigenvalue weighted by Crippen LogP contribution is 2.26. The highest BCUT2D eigenvalue weighted by molar-refractivity contribution is 6.02. The Bertz CT molecular complexity index is 814. The zero-order chi connectivity index (χ0) is 18.5. The SMILES string of the molecule is O=C(NNC(=O)c1cc([N+](=O)[O-])ccc1N1CCOCC1)c1ccco1. The van der Waals surface area contributed by atoms with Crippen LogP contribution in [0.2, 0.25) is 0 Å². The monoisotopic (exact) mass is 360 g/mol. The van der Waals surface area contributed by atoms with E-state index in [9.17, 15) is 19.7 Å². The number of non-ortho nitro benzene ring substituents is 1. The third-order valence-electron chi connectivity index (χ3n) is 3.82. The minimum Gasteiger partial charge on any atom is -0.459 e. The van der Waals surface area contributed by atoms with Gasteiger partial charge in [0.15, 0.2) is 5.76 Å². The van der Waals surface area contributed by atoms with Gasteiger partial charge in [-0.05, 0) is 18.2 Å². The third-order valence-corrected chi connectivity index (χ3v) is 3.82. The average Bonchev–Trinajstić information content (AvgIpc) is 3.21. The van der Waals surface area contributed by atoms with Crippen LogP contribution in [0.3, 0.4) is 0 Å². The topological polar surface area (TPSA) is 127 Å². The summed E-state index contributed by atoms with van der Waals surface area (Å²) in [6.07, 6.45) is 1.33. The van der Waals surface area contributed by atoms with Crippen LogP contribution in [0, 0.1) is 10.1 Å². The van der Waals surface area contributed by atoms with Crippen molar-refractivity contribution in [1.82, 2.24) is 10.9 Å². The molecule has 1 aromatic carbocycles. The fourth-order valence-corrected chi connectivity index (χ4v) is 2.55. The van der Waals surface area contributed by atoms with Crippen LogP contribution in [0.15, 0.2) is 41.0 Å². The number of rotatable bonds is 4. The largest absolute Gasteiger partial charge is 0.459 e. The zero-order valence-electron chi connectivity index (χ0n) is 13.6. The number of hydrogen-bond donors (Lipinski definition) is 2. The Kier molecular flexibility index (Phi) is 5.13. The lowest BCUT2D eigenvalue weighted by Crippen LogP contribution is -2.43. The van der Waals surface area contributed by atoms with Crippen molar-refractivity contribution in [3.05, 3.63) is 58.0 Å². The number of hydrazine groups is 1. The van der Waals surface area contributed by atoms with E-state index in [0.29, 0.717) is 32.0 Å². The number of carbonyl (C=O) groups excluding carboxylic acids is 2. The number of nitrogens with zero attached hydrogens (tertiary/aromatic N) is 2. The van der Waals surface area contributed by atoms with Gasteiger partial charge in [0, 0.05) is 25.2 Å². The molecule has 1 fully saturated rings. The molecule has 10 heteroatoms. The first-order chi connectivity index (χ1) is 12.6. The number of amides is 2. The molecule has 2 N–H and O–H groups in total. The number of anilines is 1. The standard InChI is InChI=1S/C16H16N4O6/c21-15(17-18-16(22)14-2-1-7-26-14)12-10-11(20(23)24)3-4-13(12)19-5-8-25-9-6-19/h1-4,7,10H,5-6,8-9H2,(H,17,21)(H,18,22). The first-order valence-electron chi connectivity index (χ1n) is 7.81. The summed E-state index contributed by atoms with van der Waals surface area (Å²) in [5.41, 5.74) is 4.87. The van der Waals surface area contributed by atoms with E-state index in [2.05, 4.69) is 10.9 Å². The van der Waals surface area contributed by atoms with Crippen LogP contribution in [-0.4, -0.2) is 43.0 Å². The predicted octanol–water partition coefficient (Wildman–Crippen LogP) is 1.10. The maximum absolute atomic E-state index is 12.5. The first-order valence-corrected chi connectivity index (χ1v) is 7.81. The minimum atomic E-state index is -0.671. The van der Waals surface area contributed by atoms with Gasteiger partial charge in [0.2, 0.25) is 0 Å². The Morgan fingerprint density at radius 1 is 1.12 bits per heavy atom. The summed E-state index contributed by atoms with van der Waals surface area (Å²) >= 11 is 0. The molecule has 0 spiro atoms. The maximum atomic E-state index is 12.5. The fourth-order valence-electron chi connectivity index (χ4n) is 2.55. The summed E-state index contributed by atoms with van der Waals surface area (Å²) in [6.45, 7) is 2.09. The number of hydrogen-bond acceptors (Lipinski definition) is 7. The van der Waals surface area contributed by atoms with E-state index < -0.39 is 16.7 Å². The molecule has 1 aliphatic rings. The number of nitro benzene ring substituents is 1. The second kappa shape index (κ2) is 7.66. The van der Waals surface area contributed by atoms with Gasteiger partial charge < -0.3 is 14.1 Å². The summed E-state index contributed by atoms with van der Waals surface area (Å²) in [7, 11) is 0. The minimum absolute atomic E-state index is 0.0257. The molecule has 26 heavy (non-hydrogen) atoms. The molecule has 1 aliphatic heterocycles. The van der Waals surface area contributed by atoms with Crippen LogP contribution in [0.5, 0.6) is 0 Å². The average molecular weight is 360 g/mol. The molecule has 136 valence electrons. The van der Waals surface area contributed by atoms with Gasteiger partial charge in [-0.15, -0.1) is 0 Å². The molecule has 0 radical (unpaired) electrons. The van der Waals surface area contributed by atoms with E-state index in [1.54, 1.807) is 0 Å². The summed E-state index contributed by atoms with van der Waals surface area (Å²) in [5.74, 6) is -1.28. The predicted molar refractivity (Wildman–Crippen MR) is 89.8 cm³/mol. The van der Waals surface area contributed by atoms with Gasteiger partial charge in [0.1, 0.15) is 0 Å². The van der Waals surface area contributed by atoms with Crippen molar-refractivity contribution >= 4 is 23.2 Å². The van der Waals surface area contributed by atoms with Gasteiger partial charge in [-0.2, -0.15) is 0 Å². The van der Waals surface area contributed by atoms with Gasteiger partial charge >= 0.3 is 5.91 Å². The van der Waals surface area contributed by atoms with Crippen molar-refractivity contribution < 1.29 is 23.7 Å². The molecule has 2 heterocycles. The van der Waals surface area contributed by atoms with Gasteiger partial charge in [0.25, 0.3) is 11.6 Å². The summed E-state index contributed by atoms with van der Waals surface area (Å²) in [5, 5.41) is 11.0. The second-order valence-electron chi connectivity index (χ2n) is 5.44. The number of benzene rings is 1. The second-order valence-corrected chi connectivity index (χ2v) is 5.44. The number of morpholine rings is 1. The molecule has 0 saturated carbocycles. The fraction of sp³-hybridized carbons (Fsp3) is 0.250. The maximum Gasteiger partial charge on any atom is 0.305 e. The summed E-state index contributed by atoms with van der Waals surface area (Å²) < 4.78 is 10.2.